The maximum absolute atomic E-state index is 6.31. The highest BCUT2D eigenvalue weighted by Crippen LogP contribution is 2.41. The summed E-state index contributed by atoms with van der Waals surface area (Å²) in [5.41, 5.74) is 5.42. The molecule has 33 heavy (non-hydrogen) atoms. The van der Waals surface area contributed by atoms with E-state index in [-0.39, 0.29) is 0 Å². The van der Waals surface area contributed by atoms with Gasteiger partial charge in [0.2, 0.25) is 6.79 Å². The molecule has 2 aromatic rings. The van der Waals surface area contributed by atoms with Crippen LogP contribution >= 0.6 is 0 Å². The first-order valence-corrected chi connectivity index (χ1v) is 13.3. The molecule has 5 rings (SSSR count). The highest BCUT2D eigenvalue weighted by atomic mass is 16.7. The summed E-state index contributed by atoms with van der Waals surface area (Å²) in [6.07, 6.45) is 16.8. The third kappa shape index (κ3) is 5.66. The first kappa shape index (κ1) is 22.6. The van der Waals surface area contributed by atoms with Crippen LogP contribution in [0.5, 0.6) is 17.2 Å². The van der Waals surface area contributed by atoms with Crippen molar-refractivity contribution in [2.24, 2.45) is 0 Å². The summed E-state index contributed by atoms with van der Waals surface area (Å²) in [6.45, 7) is 2.33. The predicted molar refractivity (Wildman–Crippen MR) is 133 cm³/mol. The van der Waals surface area contributed by atoms with E-state index < -0.39 is 0 Å². The van der Waals surface area contributed by atoms with Gasteiger partial charge < -0.3 is 19.5 Å². The Morgan fingerprint density at radius 1 is 0.788 bits per heavy atom. The average Bonchev–Trinajstić information content (AvgIpc) is 3.34. The lowest BCUT2D eigenvalue weighted by atomic mass is 9.85. The predicted octanol–water partition coefficient (Wildman–Crippen LogP) is 6.82. The van der Waals surface area contributed by atoms with E-state index in [1.807, 2.05) is 6.07 Å². The van der Waals surface area contributed by atoms with Crippen LogP contribution in [0.25, 0.3) is 11.1 Å². The normalized spacial score (nSPS) is 17.7. The maximum Gasteiger partial charge on any atom is 0.231 e. The zero-order valence-corrected chi connectivity index (χ0v) is 20.0. The maximum atomic E-state index is 6.31. The second kappa shape index (κ2) is 11.3. The molecule has 0 saturated heterocycles. The Balaban J connectivity index is 1.11. The van der Waals surface area contributed by atoms with Crippen molar-refractivity contribution in [2.45, 2.75) is 89.5 Å². The molecule has 2 aliphatic carbocycles. The number of unbranched alkanes of at least 4 members (excludes halogenated alkanes) is 3. The minimum Gasteiger partial charge on any atom is -0.493 e. The number of fused-ring (bicyclic) bond motifs is 2. The topological polar surface area (TPSA) is 39.7 Å². The Labute approximate surface area is 199 Å². The van der Waals surface area contributed by atoms with Crippen LogP contribution in [0.3, 0.4) is 0 Å². The first-order valence-electron chi connectivity index (χ1n) is 13.3. The van der Waals surface area contributed by atoms with Gasteiger partial charge in [0.05, 0.1) is 6.61 Å². The number of hydrogen-bond donors (Lipinski definition) is 1. The van der Waals surface area contributed by atoms with Gasteiger partial charge in [-0.05, 0) is 98.4 Å². The van der Waals surface area contributed by atoms with E-state index in [2.05, 4.69) is 29.6 Å². The van der Waals surface area contributed by atoms with Crippen LogP contribution in [0.4, 0.5) is 0 Å². The summed E-state index contributed by atoms with van der Waals surface area (Å²) in [4.78, 5) is 0. The van der Waals surface area contributed by atoms with Crippen molar-refractivity contribution in [1.82, 2.24) is 5.32 Å². The van der Waals surface area contributed by atoms with E-state index in [1.54, 1.807) is 0 Å². The Kier molecular flexibility index (Phi) is 7.72. The van der Waals surface area contributed by atoms with Crippen molar-refractivity contribution in [3.63, 3.8) is 0 Å². The third-order valence-corrected chi connectivity index (χ3v) is 7.54. The first-order chi connectivity index (χ1) is 16.4. The number of hydrogen-bond acceptors (Lipinski definition) is 4. The van der Waals surface area contributed by atoms with E-state index in [1.165, 1.54) is 93.0 Å². The number of rotatable bonds is 10. The van der Waals surface area contributed by atoms with Gasteiger partial charge in [0.25, 0.3) is 0 Å². The molecule has 0 unspecified atom stereocenters. The zero-order valence-electron chi connectivity index (χ0n) is 20.0. The zero-order chi connectivity index (χ0) is 22.3. The number of benzene rings is 2. The van der Waals surface area contributed by atoms with E-state index in [0.29, 0.717) is 6.79 Å². The summed E-state index contributed by atoms with van der Waals surface area (Å²) in [5, 5.41) is 3.76. The lowest BCUT2D eigenvalue weighted by Crippen LogP contribution is -2.31. The molecule has 0 bridgehead atoms. The second-order valence-corrected chi connectivity index (χ2v) is 9.90. The van der Waals surface area contributed by atoms with E-state index in [4.69, 9.17) is 14.2 Å². The largest absolute Gasteiger partial charge is 0.493 e. The van der Waals surface area contributed by atoms with Gasteiger partial charge in [-0.1, -0.05) is 44.2 Å². The molecule has 2 aromatic carbocycles. The van der Waals surface area contributed by atoms with Crippen molar-refractivity contribution in [3.8, 4) is 28.4 Å². The van der Waals surface area contributed by atoms with Crippen LogP contribution in [0.1, 0.15) is 81.8 Å². The standard InChI is InChI=1S/C29H39NO3/c1(8-18-30-23-10-4-3-5-11-23)2-9-19-31-27-17-15-24(25-12-6-7-13-26(25)27)22-14-16-28-29(20-22)33-21-32-28/h14-17,20,23,30H,1-13,18-19,21H2. The van der Waals surface area contributed by atoms with Gasteiger partial charge in [-0.2, -0.15) is 0 Å². The third-order valence-electron chi connectivity index (χ3n) is 7.54. The summed E-state index contributed by atoms with van der Waals surface area (Å²) < 4.78 is 17.4. The molecular weight excluding hydrogens is 410 g/mol. The lowest BCUT2D eigenvalue weighted by molar-refractivity contribution is 0.174. The molecular formula is C29H39NO3. The van der Waals surface area contributed by atoms with Gasteiger partial charge in [-0.3, -0.25) is 0 Å². The molecule has 4 heteroatoms. The summed E-state index contributed by atoms with van der Waals surface area (Å²) in [5.74, 6) is 2.80. The molecule has 3 aliphatic rings. The smallest absolute Gasteiger partial charge is 0.231 e. The molecule has 0 spiro atoms. The van der Waals surface area contributed by atoms with Crippen LogP contribution in [-0.4, -0.2) is 26.0 Å². The summed E-state index contributed by atoms with van der Waals surface area (Å²) in [7, 11) is 0. The molecule has 0 radical (unpaired) electrons. The van der Waals surface area contributed by atoms with Crippen LogP contribution in [0.15, 0.2) is 30.3 Å². The Morgan fingerprint density at radius 3 is 2.52 bits per heavy atom. The molecule has 1 N–H and O–H groups in total. The summed E-state index contributed by atoms with van der Waals surface area (Å²) in [6, 6.07) is 11.5. The van der Waals surface area contributed by atoms with Gasteiger partial charge in [0, 0.05) is 6.04 Å². The van der Waals surface area contributed by atoms with Crippen molar-refractivity contribution in [2.75, 3.05) is 19.9 Å². The fourth-order valence-corrected chi connectivity index (χ4v) is 5.68. The Hall–Kier alpha value is -2.20. The molecule has 1 aliphatic heterocycles. The molecule has 0 amide bonds. The van der Waals surface area contributed by atoms with E-state index in [0.717, 1.165) is 49.2 Å². The van der Waals surface area contributed by atoms with E-state index >= 15 is 0 Å². The molecule has 178 valence electrons. The minimum absolute atomic E-state index is 0.320. The van der Waals surface area contributed by atoms with Crippen molar-refractivity contribution in [1.29, 1.82) is 0 Å². The Bertz CT molecular complexity index is 919. The van der Waals surface area contributed by atoms with Gasteiger partial charge in [0.15, 0.2) is 11.5 Å². The lowest BCUT2D eigenvalue weighted by Gasteiger charge is -2.23. The van der Waals surface area contributed by atoms with Gasteiger partial charge >= 0.3 is 0 Å². The highest BCUT2D eigenvalue weighted by molar-refractivity contribution is 5.73. The SMILES string of the molecule is c1cc2c(cc1-c1ccc(OCCCCCCNC3CCCCC3)c3c1CCCC3)OCO2. The minimum atomic E-state index is 0.320. The van der Waals surface area contributed by atoms with Crippen LogP contribution in [0.2, 0.25) is 0 Å². The molecule has 0 atom stereocenters. The van der Waals surface area contributed by atoms with Crippen LogP contribution < -0.4 is 19.5 Å². The van der Waals surface area contributed by atoms with Gasteiger partial charge in [0.1, 0.15) is 5.75 Å². The molecule has 1 saturated carbocycles. The molecule has 1 heterocycles. The fraction of sp³-hybridized carbons (Fsp3) is 0.586. The van der Waals surface area contributed by atoms with Crippen molar-refractivity contribution < 1.29 is 14.2 Å². The number of nitrogens with one attached hydrogen (secondary N) is 1. The Morgan fingerprint density at radius 2 is 1.61 bits per heavy atom. The van der Waals surface area contributed by atoms with Crippen molar-refractivity contribution in [3.05, 3.63) is 41.5 Å². The second-order valence-electron chi connectivity index (χ2n) is 9.90. The number of ether oxygens (including phenoxy) is 3. The van der Waals surface area contributed by atoms with Gasteiger partial charge in [-0.25, -0.2) is 0 Å². The van der Waals surface area contributed by atoms with Crippen molar-refractivity contribution >= 4 is 0 Å². The fourth-order valence-electron chi connectivity index (χ4n) is 5.68. The average molecular weight is 450 g/mol. The highest BCUT2D eigenvalue weighted by Gasteiger charge is 2.21. The quantitative estimate of drug-likeness (QED) is 0.404. The molecule has 0 aromatic heterocycles. The van der Waals surface area contributed by atoms with Crippen LogP contribution in [0, 0.1) is 0 Å². The monoisotopic (exact) mass is 449 g/mol. The van der Waals surface area contributed by atoms with Crippen LogP contribution in [-0.2, 0) is 12.8 Å². The molecule has 4 nitrogen and oxygen atoms in total. The molecule has 1 fully saturated rings. The van der Waals surface area contributed by atoms with E-state index in [9.17, 15) is 0 Å². The van der Waals surface area contributed by atoms with Gasteiger partial charge in [-0.15, -0.1) is 0 Å². The summed E-state index contributed by atoms with van der Waals surface area (Å²) >= 11 is 0.